The molecule has 22 heavy (non-hydrogen) atoms. The Labute approximate surface area is 127 Å². The van der Waals surface area contributed by atoms with E-state index in [1.807, 2.05) is 0 Å². The minimum atomic E-state index is -4.89. The highest BCUT2D eigenvalue weighted by molar-refractivity contribution is 7.89. The Morgan fingerprint density at radius 1 is 1.23 bits per heavy atom. The summed E-state index contributed by atoms with van der Waals surface area (Å²) in [5, 5.41) is 0. The Morgan fingerprint density at radius 2 is 1.82 bits per heavy atom. The fourth-order valence-corrected chi connectivity index (χ4v) is 3.50. The molecule has 0 unspecified atom stereocenters. The van der Waals surface area contributed by atoms with Crippen molar-refractivity contribution in [3.05, 3.63) is 24.3 Å². The van der Waals surface area contributed by atoms with E-state index in [-0.39, 0.29) is 11.4 Å². The maximum Gasteiger partial charge on any atom is 0.573 e. The molecule has 0 bridgehead atoms. The van der Waals surface area contributed by atoms with Crippen molar-refractivity contribution in [1.82, 2.24) is 4.72 Å². The third kappa shape index (κ3) is 4.85. The van der Waals surface area contributed by atoms with Crippen LogP contribution in [0.1, 0.15) is 26.7 Å². The van der Waals surface area contributed by atoms with Crippen LogP contribution in [-0.2, 0) is 10.0 Å². The summed E-state index contributed by atoms with van der Waals surface area (Å²) in [7, 11) is -4.01. The first-order valence-electron chi connectivity index (χ1n) is 6.67. The van der Waals surface area contributed by atoms with Gasteiger partial charge in [0, 0.05) is 18.2 Å². The van der Waals surface area contributed by atoms with Crippen LogP contribution in [0.25, 0.3) is 0 Å². The Balaban J connectivity index is 3.11. The van der Waals surface area contributed by atoms with Crippen LogP contribution in [0.2, 0.25) is 0 Å². The molecular formula is C13H19F3N2O3S. The monoisotopic (exact) mass is 340 g/mol. The van der Waals surface area contributed by atoms with Gasteiger partial charge in [-0.3, -0.25) is 0 Å². The first kappa shape index (κ1) is 18.7. The molecular weight excluding hydrogens is 321 g/mol. The predicted molar refractivity (Wildman–Crippen MR) is 75.8 cm³/mol. The Kier molecular flexibility index (Phi) is 5.82. The minimum absolute atomic E-state index is 0.0813. The third-order valence-corrected chi connectivity index (χ3v) is 5.02. The van der Waals surface area contributed by atoms with Gasteiger partial charge in [-0.15, -0.1) is 13.2 Å². The zero-order chi connectivity index (χ0) is 17.0. The molecule has 126 valence electrons. The Bertz CT molecular complexity index is 591. The van der Waals surface area contributed by atoms with Crippen LogP contribution in [0.5, 0.6) is 5.75 Å². The van der Waals surface area contributed by atoms with Crippen LogP contribution in [-0.4, -0.2) is 26.9 Å². The van der Waals surface area contributed by atoms with Crippen molar-refractivity contribution in [3.63, 3.8) is 0 Å². The van der Waals surface area contributed by atoms with Gasteiger partial charge in [0.25, 0.3) is 0 Å². The molecule has 0 amide bonds. The van der Waals surface area contributed by atoms with E-state index in [1.54, 1.807) is 13.8 Å². The molecule has 0 saturated heterocycles. The van der Waals surface area contributed by atoms with Crippen molar-refractivity contribution in [2.24, 2.45) is 5.73 Å². The molecule has 9 heteroatoms. The van der Waals surface area contributed by atoms with E-state index < -0.39 is 27.7 Å². The molecule has 0 saturated carbocycles. The molecule has 0 aromatic heterocycles. The third-order valence-electron chi connectivity index (χ3n) is 3.44. The number of halogens is 3. The molecule has 0 heterocycles. The smallest absolute Gasteiger partial charge is 0.406 e. The van der Waals surface area contributed by atoms with Gasteiger partial charge < -0.3 is 10.5 Å². The number of benzene rings is 1. The molecule has 0 aliphatic carbocycles. The van der Waals surface area contributed by atoms with E-state index in [4.69, 9.17) is 5.73 Å². The molecule has 0 spiro atoms. The zero-order valence-electron chi connectivity index (χ0n) is 12.3. The fraction of sp³-hybridized carbons (Fsp3) is 0.538. The summed E-state index contributed by atoms with van der Waals surface area (Å²) >= 11 is 0. The number of alkyl halides is 3. The van der Waals surface area contributed by atoms with E-state index in [1.165, 1.54) is 12.1 Å². The van der Waals surface area contributed by atoms with E-state index in [9.17, 15) is 21.6 Å². The lowest BCUT2D eigenvalue weighted by molar-refractivity contribution is -0.274. The highest BCUT2D eigenvalue weighted by Crippen LogP contribution is 2.26. The second kappa shape index (κ2) is 6.84. The predicted octanol–water partition coefficient (Wildman–Crippen LogP) is 2.38. The lowest BCUT2D eigenvalue weighted by Crippen LogP contribution is -2.52. The van der Waals surface area contributed by atoms with Gasteiger partial charge in [0.1, 0.15) is 5.75 Å². The number of nitrogens with two attached hydrogens (primary N) is 1. The summed E-state index contributed by atoms with van der Waals surface area (Å²) in [4.78, 5) is -0.311. The van der Waals surface area contributed by atoms with Crippen LogP contribution in [0.15, 0.2) is 29.2 Å². The highest BCUT2D eigenvalue weighted by Gasteiger charge is 2.33. The maximum atomic E-state index is 12.3. The summed E-state index contributed by atoms with van der Waals surface area (Å²) in [6, 6.07) is 4.22. The van der Waals surface area contributed by atoms with Gasteiger partial charge in [0.2, 0.25) is 10.0 Å². The molecule has 0 atom stereocenters. The summed E-state index contributed by atoms with van der Waals surface area (Å²) in [6.45, 7) is 3.64. The highest BCUT2D eigenvalue weighted by atomic mass is 32.2. The van der Waals surface area contributed by atoms with Crippen LogP contribution in [0.3, 0.4) is 0 Å². The molecule has 0 aliphatic heterocycles. The number of hydrogen-bond acceptors (Lipinski definition) is 4. The quantitative estimate of drug-likeness (QED) is 0.798. The molecule has 0 fully saturated rings. The molecule has 1 aromatic carbocycles. The van der Waals surface area contributed by atoms with Gasteiger partial charge in [-0.2, -0.15) is 0 Å². The molecule has 0 aliphatic rings. The summed E-state index contributed by atoms with van der Waals surface area (Å²) in [5.74, 6) is -0.596. The molecule has 1 rings (SSSR count). The second-order valence-corrected chi connectivity index (χ2v) is 6.50. The van der Waals surface area contributed by atoms with Gasteiger partial charge in [-0.1, -0.05) is 19.9 Å². The van der Waals surface area contributed by atoms with E-state index >= 15 is 0 Å². The van der Waals surface area contributed by atoms with Gasteiger partial charge >= 0.3 is 6.36 Å². The lowest BCUT2D eigenvalue weighted by Gasteiger charge is -2.31. The van der Waals surface area contributed by atoms with E-state index in [0.717, 1.165) is 12.1 Å². The first-order valence-corrected chi connectivity index (χ1v) is 8.15. The molecule has 0 radical (unpaired) electrons. The van der Waals surface area contributed by atoms with E-state index in [0.29, 0.717) is 12.8 Å². The van der Waals surface area contributed by atoms with Crippen LogP contribution >= 0.6 is 0 Å². The number of sulfonamides is 1. The standard InChI is InChI=1S/C13H19F3N2O3S/c1-3-12(4-2,9-17)18-22(19,20)11-7-5-6-10(8-11)21-13(14,15)16/h5-8,18H,3-4,9,17H2,1-2H3. The van der Waals surface area contributed by atoms with Crippen molar-refractivity contribution in [1.29, 1.82) is 0 Å². The van der Waals surface area contributed by atoms with Gasteiger partial charge in [-0.05, 0) is 25.0 Å². The van der Waals surface area contributed by atoms with Crippen LogP contribution in [0, 0.1) is 0 Å². The molecule has 3 N–H and O–H groups in total. The van der Waals surface area contributed by atoms with E-state index in [2.05, 4.69) is 9.46 Å². The van der Waals surface area contributed by atoms with Crippen molar-refractivity contribution in [2.75, 3.05) is 6.54 Å². The number of ether oxygens (including phenoxy) is 1. The lowest BCUT2D eigenvalue weighted by atomic mass is 9.95. The van der Waals surface area contributed by atoms with Crippen LogP contribution < -0.4 is 15.2 Å². The minimum Gasteiger partial charge on any atom is -0.406 e. The molecule has 5 nitrogen and oxygen atoms in total. The Morgan fingerprint density at radius 3 is 2.27 bits per heavy atom. The molecule has 1 aromatic rings. The number of rotatable bonds is 7. The van der Waals surface area contributed by atoms with Gasteiger partial charge in [0.05, 0.1) is 4.90 Å². The maximum absolute atomic E-state index is 12.3. The SMILES string of the molecule is CCC(CC)(CN)NS(=O)(=O)c1cccc(OC(F)(F)F)c1. The average Bonchev–Trinajstić information content (AvgIpc) is 2.43. The average molecular weight is 340 g/mol. The van der Waals surface area contributed by atoms with Gasteiger partial charge in [-0.25, -0.2) is 13.1 Å². The van der Waals surface area contributed by atoms with Crippen LogP contribution in [0.4, 0.5) is 13.2 Å². The second-order valence-electron chi connectivity index (χ2n) is 4.82. The number of nitrogens with one attached hydrogen (secondary N) is 1. The Hall–Kier alpha value is -1.32. The van der Waals surface area contributed by atoms with Crippen molar-refractivity contribution in [3.8, 4) is 5.75 Å². The topological polar surface area (TPSA) is 81.4 Å². The number of hydrogen-bond donors (Lipinski definition) is 2. The fourth-order valence-electron chi connectivity index (χ4n) is 1.91. The summed E-state index contributed by atoms with van der Waals surface area (Å²) < 4.78 is 67.5. The van der Waals surface area contributed by atoms with Crippen molar-refractivity contribution >= 4 is 10.0 Å². The summed E-state index contributed by atoms with van der Waals surface area (Å²) in [6.07, 6.45) is -3.97. The normalized spacial score (nSPS) is 13.2. The van der Waals surface area contributed by atoms with Crippen molar-refractivity contribution in [2.45, 2.75) is 43.5 Å². The largest absolute Gasteiger partial charge is 0.573 e. The summed E-state index contributed by atoms with van der Waals surface area (Å²) in [5.41, 5.74) is 4.79. The first-order chi connectivity index (χ1) is 10.1. The van der Waals surface area contributed by atoms with Gasteiger partial charge in [0.15, 0.2) is 0 Å². The van der Waals surface area contributed by atoms with Crippen molar-refractivity contribution < 1.29 is 26.3 Å². The zero-order valence-corrected chi connectivity index (χ0v) is 13.1.